The number of carbonyl (C=O) groups excluding carboxylic acids is 1. The maximum absolute atomic E-state index is 15.0. The van der Waals surface area contributed by atoms with E-state index in [0.29, 0.717) is 37.5 Å². The highest BCUT2D eigenvalue weighted by atomic mass is 31.2. The van der Waals surface area contributed by atoms with Crippen molar-refractivity contribution >= 4 is 25.2 Å². The van der Waals surface area contributed by atoms with Crippen molar-refractivity contribution in [1.82, 2.24) is 29.1 Å². The van der Waals surface area contributed by atoms with Gasteiger partial charge in [-0.15, -0.1) is 0 Å². The van der Waals surface area contributed by atoms with E-state index in [1.807, 2.05) is 55.5 Å². The normalized spacial score (nSPS) is 19.2. The highest BCUT2D eigenvalue weighted by Gasteiger charge is 2.44. The molecule has 7 rings (SSSR count). The van der Waals surface area contributed by atoms with Gasteiger partial charge in [0.1, 0.15) is 48.1 Å². The first-order chi connectivity index (χ1) is 29.3. The molecule has 2 N–H and O–H groups in total. The summed E-state index contributed by atoms with van der Waals surface area (Å²) in [5.74, 6) is -1.23. The van der Waals surface area contributed by atoms with Crippen LogP contribution in [0.25, 0.3) is 5.69 Å². The van der Waals surface area contributed by atoms with Crippen LogP contribution in [0.4, 0.5) is 20.2 Å². The lowest BCUT2D eigenvalue weighted by Crippen LogP contribution is -2.46. The molecule has 326 valence electrons. The second-order valence-electron chi connectivity index (χ2n) is 15.2. The molecule has 2 aliphatic heterocycles. The molecule has 17 nitrogen and oxygen atoms in total. The number of anilines is 2. The Morgan fingerprint density at radius 3 is 2.26 bits per heavy atom. The topological polar surface area (TPSA) is 189 Å². The second kappa shape index (κ2) is 19.1. The summed E-state index contributed by atoms with van der Waals surface area (Å²) < 4.78 is 66.3. The lowest BCUT2D eigenvalue weighted by atomic mass is 9.87. The Hall–Kier alpha value is -5.46. The van der Waals surface area contributed by atoms with Gasteiger partial charge in [-0.3, -0.25) is 9.32 Å². The molecule has 2 aliphatic rings. The highest BCUT2D eigenvalue weighted by molar-refractivity contribution is 7.46. The van der Waals surface area contributed by atoms with Gasteiger partial charge in [0.25, 0.3) is 0 Å². The van der Waals surface area contributed by atoms with E-state index in [2.05, 4.69) is 29.5 Å². The van der Waals surface area contributed by atoms with Crippen molar-refractivity contribution in [3.8, 4) is 11.4 Å². The number of aromatic nitrogens is 6. The molecule has 5 aromatic rings. The van der Waals surface area contributed by atoms with Gasteiger partial charge in [0.2, 0.25) is 0 Å². The summed E-state index contributed by atoms with van der Waals surface area (Å²) in [7, 11) is -4.61. The Bertz CT molecular complexity index is 2330. The Morgan fingerprint density at radius 1 is 0.967 bits per heavy atom. The molecule has 0 saturated carbocycles. The molecule has 3 aromatic carbocycles. The quantitative estimate of drug-likeness (QED) is 0.0679. The third-order valence-corrected chi connectivity index (χ3v) is 11.6. The van der Waals surface area contributed by atoms with Gasteiger partial charge in [0.15, 0.2) is 0 Å². The van der Waals surface area contributed by atoms with Gasteiger partial charge in [-0.05, 0) is 80.8 Å². The summed E-state index contributed by atoms with van der Waals surface area (Å²) in [6, 6.07) is 18.7. The van der Waals surface area contributed by atoms with Gasteiger partial charge >= 0.3 is 19.5 Å². The molecule has 2 saturated heterocycles. The van der Waals surface area contributed by atoms with Crippen molar-refractivity contribution in [3.63, 3.8) is 0 Å². The molecule has 4 atom stereocenters. The number of hydrogen-bond donors (Lipinski definition) is 2. The number of piperazine rings is 1. The fourth-order valence-corrected chi connectivity index (χ4v) is 8.34. The summed E-state index contributed by atoms with van der Waals surface area (Å²) in [6.45, 7) is 7.33. The number of hydrogen-bond acceptors (Lipinski definition) is 12. The summed E-state index contributed by atoms with van der Waals surface area (Å²) in [6.07, 6.45) is 4.59. The molecule has 0 amide bonds. The number of rotatable bonds is 18. The van der Waals surface area contributed by atoms with Gasteiger partial charge in [-0.2, -0.15) is 10.2 Å². The number of nitrogens with zero attached hydrogens (tertiary/aromatic N) is 8. The zero-order valence-electron chi connectivity index (χ0n) is 33.8. The molecular formula is C41H49F2N8O9P. The van der Waals surface area contributed by atoms with Crippen LogP contribution in [-0.4, -0.2) is 97.0 Å². The zero-order valence-corrected chi connectivity index (χ0v) is 34.7. The SMILES string of the molecule is CCC(C(C)OC(=O)CCCOP(=O)(O)O)n1ncn(-c2ccc(N3CCN(c4ccc(OC[C@@H]5CO[C@@](Cn6cncn6)(c6ccc(F)cc6F)C5)cc4)CC3)cc2)c1=O. The lowest BCUT2D eigenvalue weighted by molar-refractivity contribution is -0.151. The van der Waals surface area contributed by atoms with Crippen molar-refractivity contribution < 1.29 is 46.7 Å². The highest BCUT2D eigenvalue weighted by Crippen LogP contribution is 2.42. The van der Waals surface area contributed by atoms with Crippen molar-refractivity contribution in [2.24, 2.45) is 5.92 Å². The van der Waals surface area contributed by atoms with Crippen LogP contribution in [0, 0.1) is 17.6 Å². The van der Waals surface area contributed by atoms with E-state index in [-0.39, 0.29) is 43.2 Å². The van der Waals surface area contributed by atoms with Gasteiger partial charge in [-0.1, -0.05) is 13.0 Å². The number of phosphoric acid groups is 1. The van der Waals surface area contributed by atoms with Gasteiger partial charge in [0, 0.05) is 61.5 Å². The summed E-state index contributed by atoms with van der Waals surface area (Å²) in [4.78, 5) is 52.0. The smallest absolute Gasteiger partial charge is 0.469 e. The Kier molecular flexibility index (Phi) is 13.6. The van der Waals surface area contributed by atoms with E-state index in [4.69, 9.17) is 24.0 Å². The van der Waals surface area contributed by atoms with E-state index < -0.39 is 43.2 Å². The molecule has 0 spiro atoms. The molecule has 2 unspecified atom stereocenters. The first-order valence-corrected chi connectivity index (χ1v) is 21.6. The predicted octanol–water partition coefficient (Wildman–Crippen LogP) is 5.01. The Labute approximate surface area is 350 Å². The largest absolute Gasteiger partial charge is 0.493 e. The van der Waals surface area contributed by atoms with E-state index >= 15 is 4.39 Å². The molecule has 0 bridgehead atoms. The van der Waals surface area contributed by atoms with Crippen LogP contribution in [-0.2, 0) is 35.5 Å². The molecule has 0 radical (unpaired) electrons. The molecular weight excluding hydrogens is 817 g/mol. The third kappa shape index (κ3) is 10.7. The number of ether oxygens (including phenoxy) is 3. The average molecular weight is 867 g/mol. The van der Waals surface area contributed by atoms with Crippen LogP contribution < -0.4 is 20.2 Å². The van der Waals surface area contributed by atoms with Crippen molar-refractivity contribution in [3.05, 3.63) is 113 Å². The maximum atomic E-state index is 15.0. The van der Waals surface area contributed by atoms with Gasteiger partial charge < -0.3 is 33.8 Å². The van der Waals surface area contributed by atoms with E-state index in [0.717, 1.165) is 43.6 Å². The summed E-state index contributed by atoms with van der Waals surface area (Å²) in [5, 5.41) is 8.50. The summed E-state index contributed by atoms with van der Waals surface area (Å²) in [5.41, 5.74) is 1.59. The lowest BCUT2D eigenvalue weighted by Gasteiger charge is -2.37. The Balaban J connectivity index is 0.886. The monoisotopic (exact) mass is 866 g/mol. The first-order valence-electron chi connectivity index (χ1n) is 20.1. The van der Waals surface area contributed by atoms with Gasteiger partial charge in [0.05, 0.1) is 38.1 Å². The first kappa shape index (κ1) is 43.6. The van der Waals surface area contributed by atoms with Crippen LogP contribution in [0.2, 0.25) is 0 Å². The van der Waals surface area contributed by atoms with Crippen LogP contribution in [0.1, 0.15) is 51.1 Å². The molecule has 2 aromatic heterocycles. The zero-order chi connectivity index (χ0) is 43.1. The standard InChI is InChI=1S/C41H49F2N8O9P/c1-3-38(29(2)60-39(52)5-4-20-59-61(54,55)56)51-40(53)50(28-46-51)34-9-7-32(8-10-34)47-16-18-48(19-17-47)33-11-13-35(14-12-33)57-23-30-22-41(58-24-30,25-49-27-44-26-45-49)36-15-6-31(42)21-37(36)43/h6-15,21,26-30,38H,3-5,16-20,22-25H2,1-2H3,(H2,54,55,56)/t29?,30-,38?,41+/m1/s1. The second-order valence-corrected chi connectivity index (χ2v) is 16.5. The number of esters is 1. The Morgan fingerprint density at radius 2 is 1.64 bits per heavy atom. The van der Waals surface area contributed by atoms with Crippen LogP contribution in [0.5, 0.6) is 5.75 Å². The predicted molar refractivity (Wildman–Crippen MR) is 218 cm³/mol. The average Bonchev–Trinajstić information content (AvgIpc) is 4.00. The number of phosphoric ester groups is 1. The van der Waals surface area contributed by atoms with E-state index in [9.17, 15) is 18.5 Å². The molecule has 61 heavy (non-hydrogen) atoms. The summed E-state index contributed by atoms with van der Waals surface area (Å²) >= 11 is 0. The molecule has 4 heterocycles. The van der Waals surface area contributed by atoms with Crippen LogP contribution >= 0.6 is 7.82 Å². The van der Waals surface area contributed by atoms with E-state index in [1.165, 1.54) is 34.0 Å². The van der Waals surface area contributed by atoms with Crippen LogP contribution in [0.15, 0.2) is 90.5 Å². The van der Waals surface area contributed by atoms with Crippen molar-refractivity contribution in [2.75, 3.05) is 55.8 Å². The fraction of sp³-hybridized carbons (Fsp3) is 0.439. The number of halogens is 2. The molecule has 0 aliphatic carbocycles. The minimum absolute atomic E-state index is 0.0403. The minimum atomic E-state index is -4.61. The fourth-order valence-electron chi connectivity index (χ4n) is 7.97. The minimum Gasteiger partial charge on any atom is -0.493 e. The molecule has 2 fully saturated rings. The van der Waals surface area contributed by atoms with Crippen molar-refractivity contribution in [1.29, 1.82) is 0 Å². The molecule has 20 heteroatoms. The number of benzene rings is 3. The van der Waals surface area contributed by atoms with E-state index in [1.54, 1.807) is 17.9 Å². The van der Waals surface area contributed by atoms with Crippen LogP contribution in [0.3, 0.4) is 0 Å². The third-order valence-electron chi connectivity index (χ3n) is 11.0. The maximum Gasteiger partial charge on any atom is 0.469 e. The number of carbonyl (C=O) groups is 1. The van der Waals surface area contributed by atoms with Gasteiger partial charge in [-0.25, -0.2) is 37.1 Å². The van der Waals surface area contributed by atoms with Crippen molar-refractivity contribution in [2.45, 2.75) is 63.8 Å².